The molecule has 2 aliphatic rings. The van der Waals surface area contributed by atoms with Crippen LogP contribution in [-0.4, -0.2) is 46.8 Å². The highest BCUT2D eigenvalue weighted by Gasteiger charge is 2.49. The Balaban J connectivity index is 2.53. The van der Waals surface area contributed by atoms with Gasteiger partial charge in [-0.05, 0) is 33.8 Å². The van der Waals surface area contributed by atoms with E-state index in [-0.39, 0.29) is 17.6 Å². The number of carbonyl (C=O) groups is 4. The van der Waals surface area contributed by atoms with E-state index in [9.17, 15) is 24.3 Å². The molecular weight excluding hydrogens is 368 g/mol. The molecule has 0 amide bonds. The highest BCUT2D eigenvalue weighted by atomic mass is 16.6. The van der Waals surface area contributed by atoms with Crippen molar-refractivity contribution in [2.24, 2.45) is 5.92 Å². The lowest BCUT2D eigenvalue weighted by Gasteiger charge is -2.33. The predicted octanol–water partition coefficient (Wildman–Crippen LogP) is 2.09. The molecule has 4 atom stereocenters. The van der Waals surface area contributed by atoms with Crippen molar-refractivity contribution in [3.63, 3.8) is 0 Å². The Labute approximate surface area is 162 Å². The van der Waals surface area contributed by atoms with Crippen LogP contribution in [0.1, 0.15) is 40.5 Å². The first-order chi connectivity index (χ1) is 13.0. The molecule has 0 bridgehead atoms. The lowest BCUT2D eigenvalue weighted by atomic mass is 9.83. The number of aliphatic carboxylic acids is 1. The van der Waals surface area contributed by atoms with Crippen LogP contribution in [-0.2, 0) is 33.4 Å². The fourth-order valence-corrected chi connectivity index (χ4v) is 3.28. The number of esters is 3. The third-order valence-corrected chi connectivity index (χ3v) is 4.91. The van der Waals surface area contributed by atoms with E-state index in [1.54, 1.807) is 19.9 Å². The Bertz CT molecular complexity index is 790. The number of ether oxygens (including phenoxy) is 3. The minimum Gasteiger partial charge on any atom is -0.481 e. The van der Waals surface area contributed by atoms with Gasteiger partial charge >= 0.3 is 23.9 Å². The van der Waals surface area contributed by atoms with E-state index in [2.05, 4.69) is 6.58 Å². The minimum absolute atomic E-state index is 0.0944. The Hall–Kier alpha value is -2.90. The summed E-state index contributed by atoms with van der Waals surface area (Å²) in [6.07, 6.45) is 0.501. The van der Waals surface area contributed by atoms with Crippen LogP contribution < -0.4 is 0 Å². The number of cyclic esters (lactones) is 1. The van der Waals surface area contributed by atoms with E-state index in [1.165, 1.54) is 19.9 Å². The van der Waals surface area contributed by atoms with E-state index in [0.29, 0.717) is 5.57 Å². The molecule has 1 fully saturated rings. The van der Waals surface area contributed by atoms with Crippen molar-refractivity contribution in [2.45, 2.75) is 58.3 Å². The van der Waals surface area contributed by atoms with Crippen molar-refractivity contribution in [3.8, 4) is 0 Å². The molecule has 2 aliphatic heterocycles. The summed E-state index contributed by atoms with van der Waals surface area (Å²) < 4.78 is 16.3. The Morgan fingerprint density at radius 2 is 2.04 bits per heavy atom. The van der Waals surface area contributed by atoms with Crippen LogP contribution in [0.5, 0.6) is 0 Å². The molecule has 1 N–H and O–H groups in total. The Kier molecular flexibility index (Phi) is 6.11. The number of hydrogen-bond donors (Lipinski definition) is 1. The molecule has 8 nitrogen and oxygen atoms in total. The number of carboxylic acid groups (broad SMARTS) is 1. The van der Waals surface area contributed by atoms with E-state index in [4.69, 9.17) is 14.2 Å². The summed E-state index contributed by atoms with van der Waals surface area (Å²) >= 11 is 0. The van der Waals surface area contributed by atoms with Gasteiger partial charge in [-0.2, -0.15) is 0 Å². The first-order valence-electron chi connectivity index (χ1n) is 8.84. The summed E-state index contributed by atoms with van der Waals surface area (Å²) in [5, 5.41) is 9.27. The third-order valence-electron chi connectivity index (χ3n) is 4.91. The summed E-state index contributed by atoms with van der Waals surface area (Å²) in [5.74, 6) is -3.95. The van der Waals surface area contributed by atoms with Gasteiger partial charge in [0.15, 0.2) is 0 Å². The highest BCUT2D eigenvalue weighted by Crippen LogP contribution is 2.39. The largest absolute Gasteiger partial charge is 0.481 e. The Morgan fingerprint density at radius 3 is 2.61 bits per heavy atom. The average Bonchev–Trinajstić information content (AvgIpc) is 2.86. The zero-order valence-corrected chi connectivity index (χ0v) is 16.3. The van der Waals surface area contributed by atoms with Gasteiger partial charge in [-0.15, -0.1) is 0 Å². The van der Waals surface area contributed by atoms with Crippen LogP contribution in [0, 0.1) is 5.92 Å². The van der Waals surface area contributed by atoms with Gasteiger partial charge in [0.25, 0.3) is 0 Å². The molecule has 8 heteroatoms. The van der Waals surface area contributed by atoms with E-state index >= 15 is 0 Å². The first kappa shape index (κ1) is 21.4. The van der Waals surface area contributed by atoms with E-state index in [1.807, 2.05) is 0 Å². The first-order valence-corrected chi connectivity index (χ1v) is 8.84. The summed E-state index contributed by atoms with van der Waals surface area (Å²) in [6.45, 7) is 9.92. The summed E-state index contributed by atoms with van der Waals surface area (Å²) in [7, 11) is 0. The van der Waals surface area contributed by atoms with Crippen molar-refractivity contribution in [1.82, 2.24) is 0 Å². The van der Waals surface area contributed by atoms with Crippen LogP contribution in [0.15, 0.2) is 35.5 Å². The second-order valence-electron chi connectivity index (χ2n) is 7.30. The summed E-state index contributed by atoms with van der Waals surface area (Å²) in [5.41, 5.74) is -0.869. The summed E-state index contributed by atoms with van der Waals surface area (Å²) in [6, 6.07) is 0. The molecule has 0 aromatic carbocycles. The molecular formula is C20H24O8. The van der Waals surface area contributed by atoms with Gasteiger partial charge in [0.2, 0.25) is 0 Å². The summed E-state index contributed by atoms with van der Waals surface area (Å²) in [4.78, 5) is 48.2. The number of hydrogen-bond acceptors (Lipinski definition) is 7. The van der Waals surface area contributed by atoms with E-state index in [0.717, 1.165) is 0 Å². The predicted molar refractivity (Wildman–Crippen MR) is 96.9 cm³/mol. The van der Waals surface area contributed by atoms with Gasteiger partial charge in [0, 0.05) is 23.1 Å². The number of fused-ring (bicyclic) bond motifs is 1. The van der Waals surface area contributed by atoms with Crippen molar-refractivity contribution >= 4 is 23.9 Å². The fraction of sp³-hybridized carbons (Fsp3) is 0.500. The van der Waals surface area contributed by atoms with Gasteiger partial charge in [0.05, 0.1) is 12.3 Å². The normalized spacial score (nSPS) is 32.7. The zero-order valence-electron chi connectivity index (χ0n) is 16.3. The van der Waals surface area contributed by atoms with Gasteiger partial charge in [-0.25, -0.2) is 14.4 Å². The molecule has 0 aliphatic carbocycles. The standard InChI is InChI=1S/C20H24O8/c1-6-10(2)17(23)27-14-8-20(5,9-15(21)22)28-18(24)11(3)7-13-16(14)12(4)19(25)26-13/h6-7,13-14,16H,4,8-9H2,1-3,5H3,(H,21,22)/b10-6+,11-7+/t13-,14+,16-,20+/m0/s1. The molecule has 0 radical (unpaired) electrons. The molecule has 0 spiro atoms. The molecule has 0 aromatic rings. The van der Waals surface area contributed by atoms with Crippen LogP contribution in [0.3, 0.4) is 0 Å². The molecule has 0 unspecified atom stereocenters. The highest BCUT2D eigenvalue weighted by molar-refractivity contribution is 5.93. The second kappa shape index (κ2) is 8.00. The quantitative estimate of drug-likeness (QED) is 0.439. The molecule has 2 rings (SSSR count). The lowest BCUT2D eigenvalue weighted by Crippen LogP contribution is -2.42. The maximum atomic E-state index is 12.4. The van der Waals surface area contributed by atoms with Crippen LogP contribution in [0.4, 0.5) is 0 Å². The zero-order chi connectivity index (χ0) is 21.2. The van der Waals surface area contributed by atoms with Crippen LogP contribution in [0.25, 0.3) is 0 Å². The van der Waals surface area contributed by atoms with Gasteiger partial charge < -0.3 is 19.3 Å². The monoisotopic (exact) mass is 392 g/mol. The van der Waals surface area contributed by atoms with Crippen molar-refractivity contribution in [3.05, 3.63) is 35.5 Å². The van der Waals surface area contributed by atoms with Crippen molar-refractivity contribution < 1.29 is 38.5 Å². The minimum atomic E-state index is -1.46. The molecule has 0 aromatic heterocycles. The van der Waals surface area contributed by atoms with E-state index < -0.39 is 54.0 Å². The Morgan fingerprint density at radius 1 is 1.39 bits per heavy atom. The number of carbonyl (C=O) groups excluding carboxylic acids is 3. The van der Waals surface area contributed by atoms with Gasteiger partial charge in [-0.3, -0.25) is 4.79 Å². The second-order valence-corrected chi connectivity index (χ2v) is 7.30. The van der Waals surface area contributed by atoms with Crippen LogP contribution in [0.2, 0.25) is 0 Å². The molecule has 0 saturated carbocycles. The molecule has 28 heavy (non-hydrogen) atoms. The lowest BCUT2D eigenvalue weighted by molar-refractivity contribution is -0.166. The average molecular weight is 392 g/mol. The van der Waals surface area contributed by atoms with Crippen molar-refractivity contribution in [1.29, 1.82) is 0 Å². The number of rotatable bonds is 4. The number of carboxylic acids is 1. The third kappa shape index (κ3) is 4.49. The topological polar surface area (TPSA) is 116 Å². The fourth-order valence-electron chi connectivity index (χ4n) is 3.28. The maximum absolute atomic E-state index is 12.4. The molecule has 152 valence electrons. The van der Waals surface area contributed by atoms with Crippen LogP contribution >= 0.6 is 0 Å². The molecule has 1 saturated heterocycles. The van der Waals surface area contributed by atoms with Crippen molar-refractivity contribution in [2.75, 3.05) is 0 Å². The van der Waals surface area contributed by atoms with Gasteiger partial charge in [-0.1, -0.05) is 12.7 Å². The number of allylic oxidation sites excluding steroid dienone is 1. The maximum Gasteiger partial charge on any atom is 0.334 e. The molecule has 2 heterocycles. The SMILES string of the molecule is C=C1C(=O)O[C@H]2/C=C(\C)C(=O)O[C@@](C)(CC(=O)O)C[C@@H](OC(=O)/C(C)=C/C)[C@@H]12. The smallest absolute Gasteiger partial charge is 0.334 e. The van der Waals surface area contributed by atoms with Gasteiger partial charge in [0.1, 0.15) is 17.8 Å².